The van der Waals surface area contributed by atoms with Crippen molar-refractivity contribution in [2.24, 2.45) is 17.8 Å². The summed E-state index contributed by atoms with van der Waals surface area (Å²) in [6.45, 7) is 0. The highest BCUT2D eigenvalue weighted by Gasteiger charge is 2.77. The van der Waals surface area contributed by atoms with Crippen LogP contribution in [-0.4, -0.2) is 57.5 Å². The molecule has 1 N–H and O–H groups in total. The van der Waals surface area contributed by atoms with Gasteiger partial charge in [0.05, 0.1) is 24.0 Å². The zero-order chi connectivity index (χ0) is 32.4. The van der Waals surface area contributed by atoms with Gasteiger partial charge < -0.3 is 9.84 Å². The first-order valence-corrected chi connectivity index (χ1v) is 14.0. The van der Waals surface area contributed by atoms with E-state index in [1.807, 2.05) is 0 Å². The van der Waals surface area contributed by atoms with Gasteiger partial charge in [-0.2, -0.15) is 0 Å². The molecule has 232 valence electrons. The average Bonchev–Trinajstić information content (AvgIpc) is 3.30. The monoisotopic (exact) mass is 678 g/mol. The summed E-state index contributed by atoms with van der Waals surface area (Å²) < 4.78 is 77.7. The lowest BCUT2D eigenvalue weighted by Crippen LogP contribution is -2.60. The Hall–Kier alpha value is -3.42. The highest BCUT2D eigenvalue weighted by Crippen LogP contribution is 2.66. The van der Waals surface area contributed by atoms with E-state index in [1.165, 1.54) is 26.3 Å². The molecule has 2 aliphatic heterocycles. The van der Waals surface area contributed by atoms with Gasteiger partial charge in [-0.1, -0.05) is 23.3 Å². The molecule has 0 radical (unpaired) electrons. The molecule has 2 aromatic carbocycles. The van der Waals surface area contributed by atoms with Gasteiger partial charge in [0, 0.05) is 13.0 Å². The van der Waals surface area contributed by atoms with Crippen molar-refractivity contribution in [3.05, 3.63) is 63.5 Å². The van der Waals surface area contributed by atoms with Crippen LogP contribution in [0.2, 0.25) is 5.02 Å². The predicted molar refractivity (Wildman–Crippen MR) is 144 cm³/mol. The third-order valence-electron chi connectivity index (χ3n) is 9.05. The third-order valence-corrected chi connectivity index (χ3v) is 10.7. The molecular formula is C28H18Cl3F5N2O6. The van der Waals surface area contributed by atoms with E-state index in [0.717, 1.165) is 11.0 Å². The fourth-order valence-corrected chi connectivity index (χ4v) is 8.17. The quantitative estimate of drug-likeness (QED) is 0.123. The van der Waals surface area contributed by atoms with Crippen LogP contribution in [-0.2, 0) is 19.2 Å². The van der Waals surface area contributed by atoms with Crippen LogP contribution in [0.4, 0.5) is 27.6 Å². The van der Waals surface area contributed by atoms with E-state index in [2.05, 4.69) is 0 Å². The van der Waals surface area contributed by atoms with Crippen molar-refractivity contribution in [1.82, 2.24) is 4.90 Å². The fraction of sp³-hybridized carbons (Fsp3) is 0.357. The van der Waals surface area contributed by atoms with E-state index in [1.54, 1.807) is 0 Å². The molecular weight excluding hydrogens is 662 g/mol. The minimum Gasteiger partial charge on any atom is -0.503 e. The standard InChI is InChI=1S/C28H18Cl3F5N2O6/c1-37-23(40)10-4-3-9-11(14(10)24(37)41)7-27(30)25(42)38(21-19(35)17(33)16(32)18(34)20(21)36)26(43)28(27,31)15(9)8-5-12(29)22(39)13(6-8)44-2/h3,5-6,10-11,14-15,39H,4,7H2,1-2H3/t10-,11+,14-,15-,27+,28-/m0/s1. The highest BCUT2D eigenvalue weighted by molar-refractivity contribution is 6.58. The molecule has 0 aromatic heterocycles. The number of ether oxygens (including phenoxy) is 1. The predicted octanol–water partition coefficient (Wildman–Crippen LogP) is 4.94. The van der Waals surface area contributed by atoms with Crippen LogP contribution in [0.25, 0.3) is 0 Å². The number of alkyl halides is 2. The van der Waals surface area contributed by atoms with E-state index in [0.29, 0.717) is 0 Å². The second-order valence-electron chi connectivity index (χ2n) is 11.0. The molecule has 2 saturated heterocycles. The van der Waals surface area contributed by atoms with Gasteiger partial charge in [-0.3, -0.25) is 24.1 Å². The Balaban J connectivity index is 1.64. The molecule has 6 rings (SSSR count). The number of fused-ring (bicyclic) bond motifs is 4. The molecule has 16 heteroatoms. The summed E-state index contributed by atoms with van der Waals surface area (Å²) in [5.41, 5.74) is -1.66. The zero-order valence-corrected chi connectivity index (χ0v) is 24.6. The number of phenolic OH excluding ortho intramolecular Hbond substituents is 1. The lowest BCUT2D eigenvalue weighted by Gasteiger charge is -2.50. The van der Waals surface area contributed by atoms with Crippen LogP contribution < -0.4 is 9.64 Å². The molecule has 2 heterocycles. The summed E-state index contributed by atoms with van der Waals surface area (Å²) in [7, 11) is 2.45. The number of halogens is 8. The SMILES string of the molecule is COc1cc([C@H]2C3=CC[C@@H]4C(=O)N(C)C(=O)[C@@H]4[C@@H]3C[C@@]3(Cl)C(=O)N(c4c(F)c(F)c(F)c(F)c4F)C(=O)[C@@]23Cl)cc(Cl)c1O. The summed E-state index contributed by atoms with van der Waals surface area (Å²) in [5, 5.41) is 10.1. The summed E-state index contributed by atoms with van der Waals surface area (Å²) in [5.74, 6) is -22.0. The molecule has 0 unspecified atom stereocenters. The van der Waals surface area contributed by atoms with Crippen molar-refractivity contribution < 1.29 is 51.0 Å². The van der Waals surface area contributed by atoms with Gasteiger partial charge in [-0.15, -0.1) is 23.2 Å². The maximum atomic E-state index is 15.0. The van der Waals surface area contributed by atoms with Crippen molar-refractivity contribution in [3.8, 4) is 11.5 Å². The summed E-state index contributed by atoms with van der Waals surface area (Å²) in [4.78, 5) is 49.7. The maximum absolute atomic E-state index is 15.0. The molecule has 2 aromatic rings. The summed E-state index contributed by atoms with van der Waals surface area (Å²) in [6.07, 6.45) is 0.901. The van der Waals surface area contributed by atoms with Crippen molar-refractivity contribution in [2.45, 2.75) is 28.5 Å². The zero-order valence-electron chi connectivity index (χ0n) is 22.4. The first-order chi connectivity index (χ1) is 20.5. The summed E-state index contributed by atoms with van der Waals surface area (Å²) in [6, 6.07) is 2.36. The minimum atomic E-state index is -2.72. The number of nitrogens with zero attached hydrogens (tertiary/aromatic N) is 2. The van der Waals surface area contributed by atoms with E-state index in [9.17, 15) is 37.5 Å². The number of allylic oxidation sites excluding steroid dienone is 2. The van der Waals surface area contributed by atoms with E-state index in [4.69, 9.17) is 39.5 Å². The van der Waals surface area contributed by atoms with Gasteiger partial charge in [-0.05, 0) is 36.5 Å². The van der Waals surface area contributed by atoms with Gasteiger partial charge in [0.15, 0.2) is 44.5 Å². The van der Waals surface area contributed by atoms with Crippen LogP contribution >= 0.6 is 34.8 Å². The lowest BCUT2D eigenvalue weighted by molar-refractivity contribution is -0.138. The number of phenols is 1. The van der Waals surface area contributed by atoms with Crippen LogP contribution in [0.5, 0.6) is 11.5 Å². The first kappa shape index (κ1) is 30.6. The van der Waals surface area contributed by atoms with Crippen molar-refractivity contribution in [2.75, 3.05) is 19.1 Å². The lowest BCUT2D eigenvalue weighted by atomic mass is 9.56. The van der Waals surface area contributed by atoms with Gasteiger partial charge in [0.25, 0.3) is 11.8 Å². The number of hydrogen-bond donors (Lipinski definition) is 1. The normalized spacial score (nSPS) is 31.3. The number of carbonyl (C=O) groups excluding carboxylic acids is 4. The Morgan fingerprint density at radius 1 is 0.909 bits per heavy atom. The molecule has 0 bridgehead atoms. The van der Waals surface area contributed by atoms with Crippen LogP contribution in [0.1, 0.15) is 24.3 Å². The number of aromatic hydroxyl groups is 1. The van der Waals surface area contributed by atoms with Gasteiger partial charge >= 0.3 is 0 Å². The van der Waals surface area contributed by atoms with Gasteiger partial charge in [-0.25, -0.2) is 26.9 Å². The number of imide groups is 2. The number of rotatable bonds is 3. The number of anilines is 1. The molecule has 4 amide bonds. The topological polar surface area (TPSA) is 104 Å². The Kier molecular flexibility index (Phi) is 6.81. The molecule has 6 atom stereocenters. The minimum absolute atomic E-state index is 0.00336. The second kappa shape index (κ2) is 9.79. The van der Waals surface area contributed by atoms with Gasteiger partial charge in [0.2, 0.25) is 17.6 Å². The third kappa shape index (κ3) is 3.57. The van der Waals surface area contributed by atoms with Gasteiger partial charge in [0.1, 0.15) is 5.69 Å². The highest BCUT2D eigenvalue weighted by atomic mass is 35.5. The molecule has 0 spiro atoms. The number of carbonyl (C=O) groups is 4. The molecule has 3 fully saturated rings. The molecule has 2 aliphatic carbocycles. The average molecular weight is 680 g/mol. The fourth-order valence-electron chi connectivity index (χ4n) is 7.01. The Morgan fingerprint density at radius 2 is 1.50 bits per heavy atom. The number of likely N-dealkylation sites (tertiary alicyclic amines) is 1. The second-order valence-corrected chi connectivity index (χ2v) is 12.6. The smallest absolute Gasteiger partial charge is 0.258 e. The Bertz CT molecular complexity index is 1740. The van der Waals surface area contributed by atoms with E-state index < -0.39 is 104 Å². The number of benzene rings is 2. The molecule has 8 nitrogen and oxygen atoms in total. The van der Waals surface area contributed by atoms with E-state index in [-0.39, 0.29) is 33.2 Å². The van der Waals surface area contributed by atoms with Crippen molar-refractivity contribution in [1.29, 1.82) is 0 Å². The molecule has 1 saturated carbocycles. The Labute approximate surface area is 259 Å². The first-order valence-electron chi connectivity index (χ1n) is 12.9. The molecule has 44 heavy (non-hydrogen) atoms. The number of hydrogen-bond acceptors (Lipinski definition) is 6. The van der Waals surface area contributed by atoms with Crippen molar-refractivity contribution in [3.63, 3.8) is 0 Å². The van der Waals surface area contributed by atoms with Crippen LogP contribution in [0.3, 0.4) is 0 Å². The van der Waals surface area contributed by atoms with Crippen molar-refractivity contribution >= 4 is 64.1 Å². The summed E-state index contributed by atoms with van der Waals surface area (Å²) >= 11 is 20.2. The van der Waals surface area contributed by atoms with Crippen LogP contribution in [0.15, 0.2) is 23.8 Å². The Morgan fingerprint density at radius 3 is 2.09 bits per heavy atom. The molecule has 4 aliphatic rings. The maximum Gasteiger partial charge on any atom is 0.258 e. The van der Waals surface area contributed by atoms with Crippen LogP contribution in [0, 0.1) is 46.8 Å². The largest absolute Gasteiger partial charge is 0.503 e. The number of amides is 4. The van der Waals surface area contributed by atoms with E-state index >= 15 is 8.78 Å². The number of methoxy groups -OCH3 is 1.